The smallest absolute Gasteiger partial charge is 0.344 e. The van der Waals surface area contributed by atoms with Gasteiger partial charge in [0.2, 0.25) is 0 Å². The number of ether oxygens (including phenoxy) is 2. The average Bonchev–Trinajstić information content (AvgIpc) is 2.69. The summed E-state index contributed by atoms with van der Waals surface area (Å²) in [4.78, 5) is 24.9. The molecule has 0 radical (unpaired) electrons. The number of carbonyl (C=O) groups is 2. The fourth-order valence-electron chi connectivity index (χ4n) is 2.79. The van der Waals surface area contributed by atoms with Crippen LogP contribution in [0.4, 0.5) is 0 Å². The maximum absolute atomic E-state index is 12.5. The van der Waals surface area contributed by atoms with Crippen LogP contribution in [0.2, 0.25) is 0 Å². The monoisotopic (exact) mass is 368 g/mol. The molecule has 2 aromatic carbocycles. The van der Waals surface area contributed by atoms with Gasteiger partial charge in [0.1, 0.15) is 5.75 Å². The van der Waals surface area contributed by atoms with Crippen molar-refractivity contribution in [3.63, 3.8) is 0 Å². The molecule has 0 atom stereocenters. The van der Waals surface area contributed by atoms with Gasteiger partial charge in [-0.3, -0.25) is 0 Å². The van der Waals surface area contributed by atoms with Gasteiger partial charge >= 0.3 is 11.9 Å². The van der Waals surface area contributed by atoms with E-state index in [0.29, 0.717) is 12.4 Å². The van der Waals surface area contributed by atoms with Crippen molar-refractivity contribution in [3.05, 3.63) is 65.2 Å². The third kappa shape index (κ3) is 6.55. The van der Waals surface area contributed by atoms with Crippen molar-refractivity contribution in [2.75, 3.05) is 6.61 Å². The van der Waals surface area contributed by atoms with E-state index in [2.05, 4.69) is 6.92 Å². The zero-order valence-corrected chi connectivity index (χ0v) is 16.2. The summed E-state index contributed by atoms with van der Waals surface area (Å²) in [6.45, 7) is 4.42. The van der Waals surface area contributed by atoms with E-state index in [1.165, 1.54) is 19.3 Å². The van der Waals surface area contributed by atoms with Crippen LogP contribution in [0.25, 0.3) is 0 Å². The molecular weight excluding hydrogens is 340 g/mol. The topological polar surface area (TPSA) is 52.6 Å². The summed E-state index contributed by atoms with van der Waals surface area (Å²) in [6, 6.07) is 13.9. The Bertz CT molecular complexity index is 752. The Kier molecular flexibility index (Phi) is 8.56. The Balaban J connectivity index is 1.93. The summed E-state index contributed by atoms with van der Waals surface area (Å²) < 4.78 is 10.8. The lowest BCUT2D eigenvalue weighted by Gasteiger charge is -2.11. The lowest BCUT2D eigenvalue weighted by atomic mass is 10.1. The second-order valence-corrected chi connectivity index (χ2v) is 6.60. The first-order valence-electron chi connectivity index (χ1n) is 9.67. The van der Waals surface area contributed by atoms with Crippen molar-refractivity contribution in [1.82, 2.24) is 0 Å². The highest BCUT2D eigenvalue weighted by molar-refractivity contribution is 6.03. The van der Waals surface area contributed by atoms with Crippen molar-refractivity contribution in [2.24, 2.45) is 0 Å². The SMILES string of the molecule is CCCCCCCCOC(=O)c1ccccc1C(=O)Oc1ccccc1C. The molecule has 0 bridgehead atoms. The van der Waals surface area contributed by atoms with Crippen LogP contribution in [-0.4, -0.2) is 18.5 Å². The van der Waals surface area contributed by atoms with Crippen molar-refractivity contribution < 1.29 is 19.1 Å². The van der Waals surface area contributed by atoms with E-state index < -0.39 is 11.9 Å². The Morgan fingerprint density at radius 1 is 0.778 bits per heavy atom. The number of para-hydroxylation sites is 1. The molecule has 2 rings (SSSR count). The number of esters is 2. The number of hydrogen-bond donors (Lipinski definition) is 0. The highest BCUT2D eigenvalue weighted by Gasteiger charge is 2.19. The molecule has 144 valence electrons. The van der Waals surface area contributed by atoms with Crippen LogP contribution in [0.15, 0.2) is 48.5 Å². The minimum absolute atomic E-state index is 0.216. The van der Waals surface area contributed by atoms with E-state index in [1.807, 2.05) is 19.1 Å². The minimum atomic E-state index is -0.559. The van der Waals surface area contributed by atoms with Gasteiger partial charge in [-0.05, 0) is 37.1 Å². The van der Waals surface area contributed by atoms with Gasteiger partial charge in [-0.2, -0.15) is 0 Å². The first kappa shape index (κ1) is 20.7. The standard InChI is InChI=1S/C23H28O4/c1-3-4-5-6-7-12-17-26-22(24)19-14-9-10-15-20(19)23(25)27-21-16-11-8-13-18(21)2/h8-11,13-16H,3-7,12,17H2,1-2H3. The normalized spacial score (nSPS) is 10.4. The highest BCUT2D eigenvalue weighted by Crippen LogP contribution is 2.20. The molecule has 0 heterocycles. The molecule has 0 aliphatic carbocycles. The van der Waals surface area contributed by atoms with E-state index in [9.17, 15) is 9.59 Å². The molecule has 0 amide bonds. The van der Waals surface area contributed by atoms with Gasteiger partial charge in [-0.25, -0.2) is 9.59 Å². The second-order valence-electron chi connectivity index (χ2n) is 6.60. The molecule has 0 spiro atoms. The minimum Gasteiger partial charge on any atom is -0.462 e. The summed E-state index contributed by atoms with van der Waals surface area (Å²) in [6.07, 6.45) is 6.72. The quantitative estimate of drug-likeness (QED) is 0.305. The van der Waals surface area contributed by atoms with Crippen LogP contribution in [0.1, 0.15) is 71.7 Å². The molecule has 0 saturated carbocycles. The molecule has 0 aromatic heterocycles. The predicted octanol–water partition coefficient (Wildman–Crippen LogP) is 5.73. The first-order chi connectivity index (χ1) is 13.1. The highest BCUT2D eigenvalue weighted by atomic mass is 16.5. The molecule has 0 fully saturated rings. The van der Waals surface area contributed by atoms with Gasteiger partial charge in [-0.1, -0.05) is 69.4 Å². The number of aryl methyl sites for hydroxylation is 1. The lowest BCUT2D eigenvalue weighted by Crippen LogP contribution is -2.16. The van der Waals surface area contributed by atoms with Crippen LogP contribution >= 0.6 is 0 Å². The molecule has 4 heteroatoms. The van der Waals surface area contributed by atoms with Crippen LogP contribution in [0.5, 0.6) is 5.75 Å². The average molecular weight is 368 g/mol. The van der Waals surface area contributed by atoms with E-state index in [1.54, 1.807) is 36.4 Å². The molecular formula is C23H28O4. The van der Waals surface area contributed by atoms with Crippen LogP contribution in [-0.2, 0) is 4.74 Å². The maximum Gasteiger partial charge on any atom is 0.344 e. The number of unbranched alkanes of at least 4 members (excludes halogenated alkanes) is 5. The summed E-state index contributed by atoms with van der Waals surface area (Å²) in [5.74, 6) is -0.560. The molecule has 27 heavy (non-hydrogen) atoms. The molecule has 0 N–H and O–H groups in total. The van der Waals surface area contributed by atoms with Crippen molar-refractivity contribution in [3.8, 4) is 5.75 Å². The van der Waals surface area contributed by atoms with E-state index in [0.717, 1.165) is 24.8 Å². The van der Waals surface area contributed by atoms with Crippen LogP contribution < -0.4 is 4.74 Å². The molecule has 0 saturated heterocycles. The van der Waals surface area contributed by atoms with Gasteiger partial charge < -0.3 is 9.47 Å². The van der Waals surface area contributed by atoms with Gasteiger partial charge in [0.05, 0.1) is 17.7 Å². The Hall–Kier alpha value is -2.62. The van der Waals surface area contributed by atoms with Gasteiger partial charge in [-0.15, -0.1) is 0 Å². The third-order valence-electron chi connectivity index (χ3n) is 4.39. The zero-order chi connectivity index (χ0) is 19.5. The molecule has 0 aliphatic rings. The molecule has 0 aliphatic heterocycles. The Labute approximate surface area is 161 Å². The number of benzene rings is 2. The first-order valence-corrected chi connectivity index (χ1v) is 9.67. The van der Waals surface area contributed by atoms with E-state index >= 15 is 0 Å². The fourth-order valence-corrected chi connectivity index (χ4v) is 2.79. The maximum atomic E-state index is 12.5. The Morgan fingerprint density at radius 2 is 1.37 bits per heavy atom. The van der Waals surface area contributed by atoms with Crippen molar-refractivity contribution in [2.45, 2.75) is 52.4 Å². The number of hydrogen-bond acceptors (Lipinski definition) is 4. The van der Waals surface area contributed by atoms with Crippen molar-refractivity contribution >= 4 is 11.9 Å². The Morgan fingerprint density at radius 3 is 2.07 bits per heavy atom. The van der Waals surface area contributed by atoms with Gasteiger partial charge in [0.15, 0.2) is 0 Å². The third-order valence-corrected chi connectivity index (χ3v) is 4.39. The van der Waals surface area contributed by atoms with Gasteiger partial charge in [0.25, 0.3) is 0 Å². The molecule has 2 aromatic rings. The lowest BCUT2D eigenvalue weighted by molar-refractivity contribution is 0.0489. The van der Waals surface area contributed by atoms with Crippen LogP contribution in [0.3, 0.4) is 0 Å². The van der Waals surface area contributed by atoms with Crippen molar-refractivity contribution in [1.29, 1.82) is 0 Å². The number of carbonyl (C=O) groups excluding carboxylic acids is 2. The van der Waals surface area contributed by atoms with E-state index in [-0.39, 0.29) is 11.1 Å². The molecule has 4 nitrogen and oxygen atoms in total. The zero-order valence-electron chi connectivity index (χ0n) is 16.2. The summed E-state index contributed by atoms with van der Waals surface area (Å²) in [5.41, 5.74) is 1.31. The summed E-state index contributed by atoms with van der Waals surface area (Å²) >= 11 is 0. The van der Waals surface area contributed by atoms with Gasteiger partial charge in [0, 0.05) is 0 Å². The summed E-state index contributed by atoms with van der Waals surface area (Å²) in [5, 5.41) is 0. The number of rotatable bonds is 10. The van der Waals surface area contributed by atoms with Crippen LogP contribution in [0, 0.1) is 6.92 Å². The van der Waals surface area contributed by atoms with E-state index in [4.69, 9.17) is 9.47 Å². The molecule has 0 unspecified atom stereocenters. The second kappa shape index (κ2) is 11.2. The fraction of sp³-hybridized carbons (Fsp3) is 0.391. The largest absolute Gasteiger partial charge is 0.462 e. The predicted molar refractivity (Wildman–Crippen MR) is 106 cm³/mol. The summed E-state index contributed by atoms with van der Waals surface area (Å²) in [7, 11) is 0.